The highest BCUT2D eigenvalue weighted by molar-refractivity contribution is 6.32. The van der Waals surface area contributed by atoms with E-state index >= 15 is 0 Å². The molecule has 0 aromatic heterocycles. The van der Waals surface area contributed by atoms with Gasteiger partial charge in [-0.25, -0.2) is 0 Å². The van der Waals surface area contributed by atoms with Gasteiger partial charge in [0.1, 0.15) is 13.2 Å². The first kappa shape index (κ1) is 17.1. The molecule has 7 heteroatoms. The van der Waals surface area contributed by atoms with Gasteiger partial charge in [-0.15, -0.1) is 0 Å². The van der Waals surface area contributed by atoms with Crippen LogP contribution in [0.2, 0.25) is 5.02 Å². The Bertz CT molecular complexity index is 805. The summed E-state index contributed by atoms with van der Waals surface area (Å²) in [6, 6.07) is 10.2. The molecule has 3 rings (SSSR count). The number of rotatable bonds is 4. The van der Waals surface area contributed by atoms with Gasteiger partial charge in [0.05, 0.1) is 5.02 Å². The Hall–Kier alpha value is -2.73. The van der Waals surface area contributed by atoms with Crippen LogP contribution in [0, 0.1) is 0 Å². The van der Waals surface area contributed by atoms with E-state index in [0.717, 1.165) is 5.56 Å². The highest BCUT2D eigenvalue weighted by Crippen LogP contribution is 2.38. The highest BCUT2D eigenvalue weighted by Gasteiger charge is 2.19. The van der Waals surface area contributed by atoms with Gasteiger partial charge in [-0.1, -0.05) is 23.7 Å². The van der Waals surface area contributed by atoms with Gasteiger partial charge in [-0.2, -0.15) is 0 Å². The quantitative estimate of drug-likeness (QED) is 0.877. The molecule has 1 heterocycles. The minimum absolute atomic E-state index is 0.151. The number of amides is 2. The predicted octanol–water partition coefficient (Wildman–Crippen LogP) is 2.40. The van der Waals surface area contributed by atoms with Crippen LogP contribution in [0.3, 0.4) is 0 Å². The molecule has 1 aliphatic rings. The third-order valence-electron chi connectivity index (χ3n) is 3.76. The lowest BCUT2D eigenvalue weighted by atomic mass is 10.1. The van der Waals surface area contributed by atoms with Crippen LogP contribution in [0.1, 0.15) is 26.3 Å². The number of hydrogen-bond acceptors (Lipinski definition) is 4. The Morgan fingerprint density at radius 3 is 2.48 bits per heavy atom. The van der Waals surface area contributed by atoms with Crippen LogP contribution in [0.4, 0.5) is 0 Å². The van der Waals surface area contributed by atoms with Crippen LogP contribution in [0.5, 0.6) is 11.5 Å². The van der Waals surface area contributed by atoms with Crippen molar-refractivity contribution in [3.05, 3.63) is 58.1 Å². The number of carbonyl (C=O) groups excluding carboxylic acids is 2. The molecule has 0 aliphatic carbocycles. The van der Waals surface area contributed by atoms with E-state index in [4.69, 9.17) is 21.1 Å². The van der Waals surface area contributed by atoms with E-state index in [1.54, 1.807) is 43.4 Å². The number of nitrogens with one attached hydrogen (secondary N) is 2. The summed E-state index contributed by atoms with van der Waals surface area (Å²) in [5.74, 6) is 0.517. The van der Waals surface area contributed by atoms with E-state index in [1.165, 1.54) is 0 Å². The van der Waals surface area contributed by atoms with Crippen molar-refractivity contribution in [2.45, 2.75) is 6.54 Å². The lowest BCUT2D eigenvalue weighted by molar-refractivity contribution is 0.0945. The second kappa shape index (κ2) is 7.44. The molecular weight excluding hydrogens is 344 g/mol. The van der Waals surface area contributed by atoms with Crippen molar-refractivity contribution in [2.75, 3.05) is 20.3 Å². The molecule has 0 radical (unpaired) electrons. The summed E-state index contributed by atoms with van der Waals surface area (Å²) < 4.78 is 10.9. The first-order valence-electron chi connectivity index (χ1n) is 7.77. The van der Waals surface area contributed by atoms with Gasteiger partial charge in [0.15, 0.2) is 11.5 Å². The van der Waals surface area contributed by atoms with Crippen molar-refractivity contribution in [3.63, 3.8) is 0 Å². The SMILES string of the molecule is CNC(=O)c1ccc(CNC(=O)c2cc(Cl)c3c(c2)OCCO3)cc1. The minimum atomic E-state index is -0.269. The summed E-state index contributed by atoms with van der Waals surface area (Å²) in [4.78, 5) is 23.9. The fourth-order valence-electron chi connectivity index (χ4n) is 2.44. The summed E-state index contributed by atoms with van der Waals surface area (Å²) in [6.45, 7) is 1.19. The van der Waals surface area contributed by atoms with Crippen LogP contribution in [0.15, 0.2) is 36.4 Å². The van der Waals surface area contributed by atoms with Crippen LogP contribution in [-0.2, 0) is 6.54 Å². The minimum Gasteiger partial charge on any atom is -0.486 e. The molecule has 2 aromatic rings. The molecule has 25 heavy (non-hydrogen) atoms. The van der Waals surface area contributed by atoms with E-state index in [1.807, 2.05) is 0 Å². The van der Waals surface area contributed by atoms with E-state index in [-0.39, 0.29) is 11.8 Å². The summed E-state index contributed by atoms with van der Waals surface area (Å²) in [6.07, 6.45) is 0. The predicted molar refractivity (Wildman–Crippen MR) is 93.4 cm³/mol. The van der Waals surface area contributed by atoms with Gasteiger partial charge in [0.25, 0.3) is 11.8 Å². The lowest BCUT2D eigenvalue weighted by Gasteiger charge is -2.20. The van der Waals surface area contributed by atoms with Gasteiger partial charge in [-0.05, 0) is 29.8 Å². The van der Waals surface area contributed by atoms with E-state index in [9.17, 15) is 9.59 Å². The maximum atomic E-state index is 12.3. The molecule has 0 fully saturated rings. The zero-order chi connectivity index (χ0) is 17.8. The molecule has 2 aromatic carbocycles. The monoisotopic (exact) mass is 360 g/mol. The van der Waals surface area contributed by atoms with Crippen molar-refractivity contribution in [1.82, 2.24) is 10.6 Å². The first-order valence-corrected chi connectivity index (χ1v) is 8.14. The van der Waals surface area contributed by atoms with E-state index in [0.29, 0.717) is 47.4 Å². The molecular formula is C18H17ClN2O4. The molecule has 0 saturated carbocycles. The molecule has 0 bridgehead atoms. The maximum Gasteiger partial charge on any atom is 0.251 e. The second-order valence-electron chi connectivity index (χ2n) is 5.44. The van der Waals surface area contributed by atoms with Gasteiger partial charge >= 0.3 is 0 Å². The number of fused-ring (bicyclic) bond motifs is 1. The third kappa shape index (κ3) is 3.85. The smallest absolute Gasteiger partial charge is 0.251 e. The van der Waals surface area contributed by atoms with Crippen molar-refractivity contribution >= 4 is 23.4 Å². The molecule has 2 N–H and O–H groups in total. The van der Waals surface area contributed by atoms with Crippen LogP contribution in [-0.4, -0.2) is 32.1 Å². The molecule has 2 amide bonds. The largest absolute Gasteiger partial charge is 0.486 e. The van der Waals surface area contributed by atoms with Gasteiger partial charge in [0.2, 0.25) is 0 Å². The Kier molecular flexibility index (Phi) is 5.09. The van der Waals surface area contributed by atoms with Crippen LogP contribution < -0.4 is 20.1 Å². The van der Waals surface area contributed by atoms with Gasteiger partial charge in [0, 0.05) is 24.7 Å². The fraction of sp³-hybridized carbons (Fsp3) is 0.222. The highest BCUT2D eigenvalue weighted by atomic mass is 35.5. The van der Waals surface area contributed by atoms with Gasteiger partial charge < -0.3 is 20.1 Å². The number of carbonyl (C=O) groups is 2. The molecule has 130 valence electrons. The third-order valence-corrected chi connectivity index (χ3v) is 4.04. The first-order chi connectivity index (χ1) is 12.1. The normalized spacial score (nSPS) is 12.4. The van der Waals surface area contributed by atoms with Crippen molar-refractivity contribution < 1.29 is 19.1 Å². The van der Waals surface area contributed by atoms with Crippen molar-refractivity contribution in [1.29, 1.82) is 0 Å². The number of benzene rings is 2. The zero-order valence-corrected chi connectivity index (χ0v) is 14.4. The summed E-state index contributed by atoms with van der Waals surface area (Å²) >= 11 is 6.15. The zero-order valence-electron chi connectivity index (χ0n) is 13.6. The summed E-state index contributed by atoms with van der Waals surface area (Å²) in [7, 11) is 1.58. The molecule has 0 saturated heterocycles. The van der Waals surface area contributed by atoms with Crippen LogP contribution >= 0.6 is 11.6 Å². The van der Waals surface area contributed by atoms with E-state index < -0.39 is 0 Å². The Labute approximate surface area is 150 Å². The lowest BCUT2D eigenvalue weighted by Crippen LogP contribution is -2.24. The maximum absolute atomic E-state index is 12.3. The standard InChI is InChI=1S/C18H17ClN2O4/c1-20-17(22)12-4-2-11(3-5-12)10-21-18(23)13-8-14(19)16-15(9-13)24-6-7-25-16/h2-5,8-9H,6-7,10H2,1H3,(H,20,22)(H,21,23). The average Bonchev–Trinajstić information content (AvgIpc) is 2.65. The summed E-state index contributed by atoms with van der Waals surface area (Å²) in [5, 5.41) is 5.72. The topological polar surface area (TPSA) is 76.7 Å². The summed E-state index contributed by atoms with van der Waals surface area (Å²) in [5.41, 5.74) is 1.84. The van der Waals surface area contributed by atoms with E-state index in [2.05, 4.69) is 10.6 Å². The molecule has 1 aliphatic heterocycles. The van der Waals surface area contributed by atoms with Crippen LogP contribution in [0.25, 0.3) is 0 Å². The Morgan fingerprint density at radius 2 is 1.76 bits per heavy atom. The Morgan fingerprint density at radius 1 is 1.04 bits per heavy atom. The molecule has 0 unspecified atom stereocenters. The number of hydrogen-bond donors (Lipinski definition) is 2. The number of halogens is 1. The fourth-order valence-corrected chi connectivity index (χ4v) is 2.71. The average molecular weight is 361 g/mol. The Balaban J connectivity index is 1.66. The molecule has 0 atom stereocenters. The van der Waals surface area contributed by atoms with Gasteiger partial charge in [-0.3, -0.25) is 9.59 Å². The second-order valence-corrected chi connectivity index (χ2v) is 5.85. The molecule has 0 spiro atoms. The number of ether oxygens (including phenoxy) is 2. The molecule has 6 nitrogen and oxygen atoms in total. The van der Waals surface area contributed by atoms with Crippen molar-refractivity contribution in [3.8, 4) is 11.5 Å². The van der Waals surface area contributed by atoms with Crippen molar-refractivity contribution in [2.24, 2.45) is 0 Å².